The third-order valence-electron chi connectivity index (χ3n) is 3.18. The van der Waals surface area contributed by atoms with Gasteiger partial charge in [0, 0.05) is 13.0 Å². The maximum atomic E-state index is 11.0. The molecule has 6 heteroatoms. The number of carboxylic acids is 1. The average molecular weight is 210 g/mol. The summed E-state index contributed by atoms with van der Waals surface area (Å²) in [6, 6.07) is 0. The van der Waals surface area contributed by atoms with Gasteiger partial charge in [-0.3, -0.25) is 4.79 Å². The molecule has 0 amide bonds. The van der Waals surface area contributed by atoms with Crippen molar-refractivity contribution in [1.82, 2.24) is 14.8 Å². The molecule has 2 rings (SSSR count). The van der Waals surface area contributed by atoms with Crippen LogP contribution in [0.2, 0.25) is 0 Å². The molecule has 15 heavy (non-hydrogen) atoms. The molecule has 82 valence electrons. The summed E-state index contributed by atoms with van der Waals surface area (Å²) in [4.78, 5) is 15.0. The van der Waals surface area contributed by atoms with E-state index in [0.29, 0.717) is 11.8 Å². The Kier molecular flexibility index (Phi) is 1.80. The Labute approximate surface area is 87.1 Å². The molecular weight excluding hydrogens is 196 g/mol. The van der Waals surface area contributed by atoms with Crippen LogP contribution in [0.3, 0.4) is 0 Å². The highest BCUT2D eigenvalue weighted by Gasteiger charge is 2.64. The first kappa shape index (κ1) is 9.95. The van der Waals surface area contributed by atoms with Gasteiger partial charge in [-0.25, -0.2) is 4.68 Å². The maximum absolute atomic E-state index is 11.0. The zero-order valence-corrected chi connectivity index (χ0v) is 8.93. The second-order valence-corrected chi connectivity index (χ2v) is 4.57. The summed E-state index contributed by atoms with van der Waals surface area (Å²) >= 11 is 0. The third kappa shape index (κ3) is 1.28. The van der Waals surface area contributed by atoms with E-state index < -0.39 is 11.9 Å². The van der Waals surface area contributed by atoms with Gasteiger partial charge in [-0.2, -0.15) is 10.1 Å². The van der Waals surface area contributed by atoms with Crippen molar-refractivity contribution in [2.45, 2.75) is 19.8 Å². The standard InChI is InChI=1S/C9H14N4O2/c1-9(2)4(5(9)7(14)15)6-11-8(10)13(3)12-6/h4-5H,1-3H3,(H,14,15)(H2,10,11,12). The van der Waals surface area contributed by atoms with Crippen LogP contribution in [0.4, 0.5) is 5.95 Å². The summed E-state index contributed by atoms with van der Waals surface area (Å²) in [5.74, 6) is -0.474. The summed E-state index contributed by atoms with van der Waals surface area (Å²) in [5, 5.41) is 13.1. The second-order valence-electron chi connectivity index (χ2n) is 4.57. The molecule has 0 aliphatic heterocycles. The van der Waals surface area contributed by atoms with E-state index in [9.17, 15) is 4.79 Å². The van der Waals surface area contributed by atoms with Crippen LogP contribution in [0.1, 0.15) is 25.6 Å². The Hall–Kier alpha value is -1.59. The number of nitrogens with zero attached hydrogens (tertiary/aromatic N) is 3. The van der Waals surface area contributed by atoms with E-state index in [2.05, 4.69) is 10.1 Å². The molecule has 1 saturated carbocycles. The van der Waals surface area contributed by atoms with E-state index in [1.54, 1.807) is 7.05 Å². The van der Waals surface area contributed by atoms with Crippen molar-refractivity contribution in [2.24, 2.45) is 18.4 Å². The van der Waals surface area contributed by atoms with E-state index in [-0.39, 0.29) is 11.3 Å². The largest absolute Gasteiger partial charge is 0.481 e. The van der Waals surface area contributed by atoms with Gasteiger partial charge in [0.25, 0.3) is 0 Å². The first-order valence-electron chi connectivity index (χ1n) is 4.75. The number of anilines is 1. The van der Waals surface area contributed by atoms with E-state index in [1.807, 2.05) is 13.8 Å². The van der Waals surface area contributed by atoms with Gasteiger partial charge in [-0.05, 0) is 5.41 Å². The topological polar surface area (TPSA) is 94.0 Å². The molecule has 1 heterocycles. The van der Waals surface area contributed by atoms with Crippen molar-refractivity contribution in [2.75, 3.05) is 5.73 Å². The predicted molar refractivity (Wildman–Crippen MR) is 53.1 cm³/mol. The van der Waals surface area contributed by atoms with Gasteiger partial charge in [0.05, 0.1) is 5.92 Å². The number of aryl methyl sites for hydroxylation is 1. The number of carbonyl (C=O) groups is 1. The number of carboxylic acid groups (broad SMARTS) is 1. The molecule has 0 spiro atoms. The molecule has 1 aliphatic carbocycles. The summed E-state index contributed by atoms with van der Waals surface area (Å²) in [5.41, 5.74) is 5.28. The van der Waals surface area contributed by atoms with Crippen LogP contribution in [0.25, 0.3) is 0 Å². The van der Waals surface area contributed by atoms with Gasteiger partial charge in [0.1, 0.15) is 0 Å². The summed E-state index contributed by atoms with van der Waals surface area (Å²) in [6.07, 6.45) is 0. The molecule has 2 unspecified atom stereocenters. The molecule has 1 aliphatic rings. The minimum atomic E-state index is -0.795. The van der Waals surface area contributed by atoms with E-state index >= 15 is 0 Å². The molecule has 2 atom stereocenters. The number of hydrogen-bond acceptors (Lipinski definition) is 4. The van der Waals surface area contributed by atoms with Crippen LogP contribution in [-0.2, 0) is 11.8 Å². The fourth-order valence-corrected chi connectivity index (χ4v) is 2.13. The van der Waals surface area contributed by atoms with Crippen molar-refractivity contribution in [1.29, 1.82) is 0 Å². The number of aliphatic carboxylic acids is 1. The zero-order valence-electron chi connectivity index (χ0n) is 8.93. The molecule has 1 fully saturated rings. The molecule has 0 aromatic carbocycles. The number of hydrogen-bond donors (Lipinski definition) is 2. The minimum Gasteiger partial charge on any atom is -0.481 e. The minimum absolute atomic E-state index is 0.126. The zero-order chi connectivity index (χ0) is 11.4. The third-order valence-corrected chi connectivity index (χ3v) is 3.18. The van der Waals surface area contributed by atoms with Crippen molar-refractivity contribution in [3.8, 4) is 0 Å². The van der Waals surface area contributed by atoms with Gasteiger partial charge in [-0.1, -0.05) is 13.8 Å². The number of rotatable bonds is 2. The molecular formula is C9H14N4O2. The van der Waals surface area contributed by atoms with Gasteiger partial charge in [0.2, 0.25) is 5.95 Å². The Balaban J connectivity index is 2.31. The van der Waals surface area contributed by atoms with Crippen molar-refractivity contribution < 1.29 is 9.90 Å². The normalized spacial score (nSPS) is 27.7. The lowest BCUT2D eigenvalue weighted by Gasteiger charge is -1.96. The summed E-state index contributed by atoms with van der Waals surface area (Å²) in [6.45, 7) is 3.81. The van der Waals surface area contributed by atoms with Crippen molar-refractivity contribution in [3.05, 3.63) is 5.82 Å². The molecule has 1 aromatic rings. The summed E-state index contributed by atoms with van der Waals surface area (Å²) in [7, 11) is 1.69. The van der Waals surface area contributed by atoms with E-state index in [1.165, 1.54) is 4.68 Å². The molecule has 6 nitrogen and oxygen atoms in total. The quantitative estimate of drug-likeness (QED) is 0.728. The molecule has 0 radical (unpaired) electrons. The predicted octanol–water partition coefficient (Wildman–Crippen LogP) is 0.222. The van der Waals surface area contributed by atoms with Crippen molar-refractivity contribution >= 4 is 11.9 Å². The lowest BCUT2D eigenvalue weighted by atomic mass is 10.1. The Morgan fingerprint density at radius 1 is 1.60 bits per heavy atom. The van der Waals surface area contributed by atoms with Crippen LogP contribution in [0, 0.1) is 11.3 Å². The number of nitrogens with two attached hydrogens (primary N) is 1. The van der Waals surface area contributed by atoms with Gasteiger partial charge < -0.3 is 10.8 Å². The molecule has 0 saturated heterocycles. The Morgan fingerprint density at radius 3 is 2.53 bits per heavy atom. The SMILES string of the molecule is Cn1nc(C2C(C(=O)O)C2(C)C)nc1N. The first-order valence-corrected chi connectivity index (χ1v) is 4.75. The second kappa shape index (κ2) is 2.71. The van der Waals surface area contributed by atoms with Crippen LogP contribution in [-0.4, -0.2) is 25.8 Å². The lowest BCUT2D eigenvalue weighted by Crippen LogP contribution is -2.03. The molecule has 0 bridgehead atoms. The van der Waals surface area contributed by atoms with Gasteiger partial charge in [-0.15, -0.1) is 0 Å². The van der Waals surface area contributed by atoms with E-state index in [0.717, 1.165) is 0 Å². The highest BCUT2D eigenvalue weighted by Crippen LogP contribution is 2.63. The fraction of sp³-hybridized carbons (Fsp3) is 0.667. The van der Waals surface area contributed by atoms with Crippen LogP contribution < -0.4 is 5.73 Å². The number of aromatic nitrogens is 3. The van der Waals surface area contributed by atoms with Crippen LogP contribution in [0.15, 0.2) is 0 Å². The monoisotopic (exact) mass is 210 g/mol. The van der Waals surface area contributed by atoms with Crippen molar-refractivity contribution in [3.63, 3.8) is 0 Å². The average Bonchev–Trinajstić information content (AvgIpc) is 2.52. The molecule has 1 aromatic heterocycles. The number of nitrogen functional groups attached to an aromatic ring is 1. The molecule has 3 N–H and O–H groups in total. The lowest BCUT2D eigenvalue weighted by molar-refractivity contribution is -0.139. The maximum Gasteiger partial charge on any atom is 0.307 e. The van der Waals surface area contributed by atoms with E-state index in [4.69, 9.17) is 10.8 Å². The Bertz CT molecular complexity index is 404. The smallest absolute Gasteiger partial charge is 0.307 e. The first-order chi connectivity index (χ1) is 6.85. The van der Waals surface area contributed by atoms with Gasteiger partial charge in [0.15, 0.2) is 5.82 Å². The van der Waals surface area contributed by atoms with Crippen LogP contribution >= 0.6 is 0 Å². The highest BCUT2D eigenvalue weighted by molar-refractivity contribution is 5.77. The van der Waals surface area contributed by atoms with Gasteiger partial charge >= 0.3 is 5.97 Å². The fourth-order valence-electron chi connectivity index (χ4n) is 2.13. The Morgan fingerprint density at radius 2 is 2.20 bits per heavy atom. The van der Waals surface area contributed by atoms with Crippen LogP contribution in [0.5, 0.6) is 0 Å². The summed E-state index contributed by atoms with van der Waals surface area (Å²) < 4.78 is 1.46. The highest BCUT2D eigenvalue weighted by atomic mass is 16.4.